The fourth-order valence-electron chi connectivity index (χ4n) is 3.88. The molecule has 2 aromatic rings. The highest BCUT2D eigenvalue weighted by atomic mass is 19.1. The molecule has 1 aliphatic rings. The van der Waals surface area contributed by atoms with Gasteiger partial charge in [-0.3, -0.25) is 5.10 Å². The highest BCUT2D eigenvalue weighted by Gasteiger charge is 2.31. The van der Waals surface area contributed by atoms with Gasteiger partial charge in [0.1, 0.15) is 11.4 Å². The van der Waals surface area contributed by atoms with E-state index >= 15 is 0 Å². The Labute approximate surface area is 166 Å². The van der Waals surface area contributed by atoms with Crippen molar-refractivity contribution in [3.63, 3.8) is 0 Å². The van der Waals surface area contributed by atoms with Crippen LogP contribution < -0.4 is 0 Å². The van der Waals surface area contributed by atoms with Crippen LogP contribution in [0.25, 0.3) is 0 Å². The van der Waals surface area contributed by atoms with Crippen LogP contribution in [0.5, 0.6) is 0 Å². The number of rotatable bonds is 4. The van der Waals surface area contributed by atoms with Crippen LogP contribution in [-0.4, -0.2) is 39.9 Å². The first-order valence-electron chi connectivity index (χ1n) is 9.95. The van der Waals surface area contributed by atoms with Crippen LogP contribution in [0.3, 0.4) is 0 Å². The molecule has 0 radical (unpaired) electrons. The molecule has 0 bridgehead atoms. The highest BCUT2D eigenvalue weighted by molar-refractivity contribution is 5.68. The summed E-state index contributed by atoms with van der Waals surface area (Å²) in [6, 6.07) is 8.85. The fourth-order valence-corrected chi connectivity index (χ4v) is 3.88. The molecular weight excluding hydrogens is 357 g/mol. The zero-order valence-electron chi connectivity index (χ0n) is 17.2. The standard InChI is InChI=1S/C22H30FN3O2/c1-15-13-19(25-24-15)14-20(16-5-7-18(23)8-6-16)17-9-11-26(12-10-17)21(27)28-22(2,3)4/h5-8,13,17,20H,9-12,14H2,1-4H3,(H,24,25). The maximum Gasteiger partial charge on any atom is 0.410 e. The molecule has 1 aromatic heterocycles. The Morgan fingerprint density at radius 3 is 2.46 bits per heavy atom. The van der Waals surface area contributed by atoms with E-state index in [1.807, 2.05) is 39.8 Å². The Kier molecular flexibility index (Phi) is 6.06. The number of carbonyl (C=O) groups is 1. The van der Waals surface area contributed by atoms with Gasteiger partial charge in [0.05, 0.1) is 5.69 Å². The van der Waals surface area contributed by atoms with Gasteiger partial charge in [-0.05, 0) is 82.6 Å². The average molecular weight is 387 g/mol. The maximum atomic E-state index is 13.4. The summed E-state index contributed by atoms with van der Waals surface area (Å²) >= 11 is 0. The summed E-state index contributed by atoms with van der Waals surface area (Å²) in [4.78, 5) is 14.1. The molecule has 1 atom stereocenters. The van der Waals surface area contributed by atoms with E-state index in [1.165, 1.54) is 12.1 Å². The predicted molar refractivity (Wildman–Crippen MR) is 107 cm³/mol. The number of H-pyrrole nitrogens is 1. The molecule has 1 aromatic carbocycles. The monoisotopic (exact) mass is 387 g/mol. The molecule has 152 valence electrons. The third-order valence-corrected chi connectivity index (χ3v) is 5.25. The summed E-state index contributed by atoms with van der Waals surface area (Å²) in [5.74, 6) is 0.420. The topological polar surface area (TPSA) is 58.2 Å². The largest absolute Gasteiger partial charge is 0.444 e. The van der Waals surface area contributed by atoms with E-state index in [-0.39, 0.29) is 17.8 Å². The second kappa shape index (κ2) is 8.33. The van der Waals surface area contributed by atoms with Crippen LogP contribution in [0, 0.1) is 18.7 Å². The van der Waals surface area contributed by atoms with Gasteiger partial charge >= 0.3 is 6.09 Å². The normalized spacial score (nSPS) is 16.8. The van der Waals surface area contributed by atoms with E-state index in [4.69, 9.17) is 4.74 Å². The Morgan fingerprint density at radius 1 is 1.29 bits per heavy atom. The fraction of sp³-hybridized carbons (Fsp3) is 0.545. The van der Waals surface area contributed by atoms with Gasteiger partial charge in [0.15, 0.2) is 0 Å². The molecule has 1 amide bonds. The summed E-state index contributed by atoms with van der Waals surface area (Å²) in [6.45, 7) is 8.99. The molecule has 6 heteroatoms. The van der Waals surface area contributed by atoms with Crippen LogP contribution in [0.2, 0.25) is 0 Å². The summed E-state index contributed by atoms with van der Waals surface area (Å²) in [5, 5.41) is 7.40. The molecule has 1 fully saturated rings. The number of amides is 1. The lowest BCUT2D eigenvalue weighted by atomic mass is 9.77. The molecule has 1 aliphatic heterocycles. The van der Waals surface area contributed by atoms with E-state index in [0.29, 0.717) is 19.0 Å². The Morgan fingerprint density at radius 2 is 1.93 bits per heavy atom. The van der Waals surface area contributed by atoms with Crippen molar-refractivity contribution in [3.05, 3.63) is 53.1 Å². The molecule has 0 saturated carbocycles. The van der Waals surface area contributed by atoms with Crippen LogP contribution in [0.4, 0.5) is 9.18 Å². The first kappa shape index (κ1) is 20.4. The van der Waals surface area contributed by atoms with E-state index in [9.17, 15) is 9.18 Å². The number of likely N-dealkylation sites (tertiary alicyclic amines) is 1. The van der Waals surface area contributed by atoms with Crippen molar-refractivity contribution in [3.8, 4) is 0 Å². The molecular formula is C22H30FN3O2. The SMILES string of the molecule is Cc1cc(CC(c2ccc(F)cc2)C2CCN(C(=O)OC(C)(C)C)CC2)n[nH]1. The van der Waals surface area contributed by atoms with E-state index in [1.54, 1.807) is 4.90 Å². The number of nitrogens with zero attached hydrogens (tertiary/aromatic N) is 2. The summed E-state index contributed by atoms with van der Waals surface area (Å²) in [6.07, 6.45) is 2.34. The highest BCUT2D eigenvalue weighted by Crippen LogP contribution is 2.35. The maximum absolute atomic E-state index is 13.4. The van der Waals surface area contributed by atoms with Crippen LogP contribution in [0.15, 0.2) is 30.3 Å². The Balaban J connectivity index is 1.71. The number of aromatic nitrogens is 2. The van der Waals surface area contributed by atoms with Gasteiger partial charge < -0.3 is 9.64 Å². The van der Waals surface area contributed by atoms with Gasteiger partial charge in [0.25, 0.3) is 0 Å². The van der Waals surface area contributed by atoms with Crippen molar-refractivity contribution in [1.82, 2.24) is 15.1 Å². The van der Waals surface area contributed by atoms with Crippen molar-refractivity contribution in [2.75, 3.05) is 13.1 Å². The quantitative estimate of drug-likeness (QED) is 0.817. The molecule has 1 N–H and O–H groups in total. The number of benzene rings is 1. The van der Waals surface area contributed by atoms with Crippen molar-refractivity contribution >= 4 is 6.09 Å². The minimum Gasteiger partial charge on any atom is -0.444 e. The van der Waals surface area contributed by atoms with Crippen LogP contribution in [0.1, 0.15) is 56.5 Å². The Hall–Kier alpha value is -2.37. The molecule has 1 unspecified atom stereocenters. The number of aromatic amines is 1. The number of halogens is 1. The molecule has 1 saturated heterocycles. The van der Waals surface area contributed by atoms with E-state index < -0.39 is 5.60 Å². The number of ether oxygens (including phenoxy) is 1. The smallest absolute Gasteiger partial charge is 0.410 e. The van der Waals surface area contributed by atoms with E-state index in [0.717, 1.165) is 36.2 Å². The minimum absolute atomic E-state index is 0.224. The number of carbonyl (C=O) groups excluding carboxylic acids is 1. The molecule has 2 heterocycles. The number of hydrogen-bond acceptors (Lipinski definition) is 3. The minimum atomic E-state index is -0.484. The van der Waals surface area contributed by atoms with Gasteiger partial charge in [-0.15, -0.1) is 0 Å². The van der Waals surface area contributed by atoms with Crippen LogP contribution >= 0.6 is 0 Å². The second-order valence-corrected chi connectivity index (χ2v) is 8.71. The van der Waals surface area contributed by atoms with Crippen molar-refractivity contribution < 1.29 is 13.9 Å². The molecule has 5 nitrogen and oxygen atoms in total. The van der Waals surface area contributed by atoms with Gasteiger partial charge in [-0.2, -0.15) is 5.10 Å². The zero-order valence-corrected chi connectivity index (χ0v) is 17.2. The zero-order chi connectivity index (χ0) is 20.3. The number of piperidine rings is 1. The third kappa shape index (κ3) is 5.33. The number of aryl methyl sites for hydroxylation is 1. The third-order valence-electron chi connectivity index (χ3n) is 5.25. The second-order valence-electron chi connectivity index (χ2n) is 8.71. The summed E-state index contributed by atoms with van der Waals surface area (Å²) < 4.78 is 18.9. The Bertz CT molecular complexity index is 787. The predicted octanol–water partition coefficient (Wildman–Crippen LogP) is 4.83. The number of hydrogen-bond donors (Lipinski definition) is 1. The first-order valence-corrected chi connectivity index (χ1v) is 9.95. The van der Waals surface area contributed by atoms with E-state index in [2.05, 4.69) is 16.3 Å². The van der Waals surface area contributed by atoms with Gasteiger partial charge in [-0.1, -0.05) is 12.1 Å². The molecule has 3 rings (SSSR count). The van der Waals surface area contributed by atoms with Crippen molar-refractivity contribution in [2.45, 2.75) is 58.5 Å². The first-order chi connectivity index (χ1) is 13.2. The summed E-state index contributed by atoms with van der Waals surface area (Å²) in [7, 11) is 0. The lowest BCUT2D eigenvalue weighted by Crippen LogP contribution is -2.42. The lowest BCUT2D eigenvalue weighted by Gasteiger charge is -2.37. The van der Waals surface area contributed by atoms with Gasteiger partial charge in [-0.25, -0.2) is 9.18 Å². The van der Waals surface area contributed by atoms with Crippen LogP contribution in [-0.2, 0) is 11.2 Å². The van der Waals surface area contributed by atoms with Crippen molar-refractivity contribution in [1.29, 1.82) is 0 Å². The molecule has 0 spiro atoms. The van der Waals surface area contributed by atoms with Crippen molar-refractivity contribution in [2.24, 2.45) is 5.92 Å². The average Bonchev–Trinajstić information content (AvgIpc) is 3.04. The molecule has 0 aliphatic carbocycles. The van der Waals surface area contributed by atoms with Gasteiger partial charge in [0, 0.05) is 18.8 Å². The molecule has 28 heavy (non-hydrogen) atoms. The lowest BCUT2D eigenvalue weighted by molar-refractivity contribution is 0.0173. The summed E-state index contributed by atoms with van der Waals surface area (Å²) in [5.41, 5.74) is 2.69. The van der Waals surface area contributed by atoms with Gasteiger partial charge in [0.2, 0.25) is 0 Å². The number of nitrogens with one attached hydrogen (secondary N) is 1.